The third-order valence-electron chi connectivity index (χ3n) is 3.46. The van der Waals surface area contributed by atoms with Gasteiger partial charge in [-0.3, -0.25) is 9.42 Å². The molecule has 1 N–H and O–H groups in total. The molecule has 2 saturated heterocycles. The van der Waals surface area contributed by atoms with E-state index in [0.29, 0.717) is 38.7 Å². The van der Waals surface area contributed by atoms with Crippen LogP contribution < -0.4 is 15.4 Å². The van der Waals surface area contributed by atoms with Crippen molar-refractivity contribution in [2.24, 2.45) is 0 Å². The number of nitrogens with one attached hydrogen (secondary N) is 1. The van der Waals surface area contributed by atoms with Crippen LogP contribution in [0.25, 0.3) is 0 Å². The molecule has 0 saturated carbocycles. The molecule has 0 bridgehead atoms. The number of ether oxygens (including phenoxy) is 2. The van der Waals surface area contributed by atoms with Crippen molar-refractivity contribution in [2.75, 3.05) is 57.6 Å². The highest BCUT2D eigenvalue weighted by Gasteiger charge is 2.30. The van der Waals surface area contributed by atoms with Crippen LogP contribution in [0.3, 0.4) is 0 Å². The van der Waals surface area contributed by atoms with Gasteiger partial charge in [0.25, 0.3) is 0 Å². The van der Waals surface area contributed by atoms with Crippen molar-refractivity contribution in [3.05, 3.63) is 16.1 Å². The smallest absolute Gasteiger partial charge is 0.379 e. The monoisotopic (exact) mass is 271 g/mol. The number of H-pyrrole nitrogens is 1. The summed E-state index contributed by atoms with van der Waals surface area (Å²) in [5.41, 5.74) is 0.321. The Morgan fingerprint density at radius 1 is 1.05 bits per heavy atom. The summed E-state index contributed by atoms with van der Waals surface area (Å²) in [5.74, 6) is 0. The normalized spacial score (nSPS) is 21.8. The third kappa shape index (κ3) is 2.80. The number of hydrogen-bond donors (Lipinski definition) is 1. The fourth-order valence-electron chi connectivity index (χ4n) is 2.37. The maximum atomic E-state index is 11.8. The van der Waals surface area contributed by atoms with E-state index in [1.807, 2.05) is 5.01 Å². The molecule has 0 atom stereocenters. The minimum absolute atomic E-state index is 0.307. The van der Waals surface area contributed by atoms with Crippen molar-refractivity contribution in [3.8, 4) is 0 Å². The Labute approximate surface area is 110 Å². The van der Waals surface area contributed by atoms with E-state index in [2.05, 4.69) is 10.2 Å². The van der Waals surface area contributed by atoms with Crippen LogP contribution in [0.1, 0.15) is 5.69 Å². The number of morpholine rings is 2. The zero-order valence-electron chi connectivity index (χ0n) is 10.8. The van der Waals surface area contributed by atoms with Gasteiger partial charge in [-0.25, -0.2) is 4.79 Å². The predicted octanol–water partition coefficient (Wildman–Crippen LogP) is -1.94. The Morgan fingerprint density at radius 3 is 2.37 bits per heavy atom. The molecular formula is C11H19N4O4+. The van der Waals surface area contributed by atoms with Crippen molar-refractivity contribution >= 4 is 0 Å². The first-order valence-corrected chi connectivity index (χ1v) is 6.60. The van der Waals surface area contributed by atoms with E-state index in [1.165, 1.54) is 0 Å². The van der Waals surface area contributed by atoms with Gasteiger partial charge in [0.15, 0.2) is 0 Å². The largest absolute Gasteiger partial charge is 0.434 e. The Hall–Kier alpha value is -1.38. The predicted molar refractivity (Wildman–Crippen MR) is 64.4 cm³/mol. The van der Waals surface area contributed by atoms with Gasteiger partial charge in [-0.2, -0.15) is 5.01 Å². The van der Waals surface area contributed by atoms with Gasteiger partial charge in [0.1, 0.15) is 0 Å². The molecular weight excluding hydrogens is 252 g/mol. The lowest BCUT2D eigenvalue weighted by molar-refractivity contribution is -0.766. The summed E-state index contributed by atoms with van der Waals surface area (Å²) in [6.45, 7) is 6.51. The molecule has 2 fully saturated rings. The van der Waals surface area contributed by atoms with Crippen LogP contribution in [0.5, 0.6) is 0 Å². The van der Waals surface area contributed by atoms with E-state index in [4.69, 9.17) is 14.0 Å². The molecule has 1 aromatic heterocycles. The van der Waals surface area contributed by atoms with Crippen molar-refractivity contribution in [1.82, 2.24) is 10.2 Å². The van der Waals surface area contributed by atoms with Gasteiger partial charge in [0.05, 0.1) is 46.1 Å². The van der Waals surface area contributed by atoms with E-state index in [-0.39, 0.29) is 5.63 Å². The molecule has 0 radical (unpaired) electrons. The number of aromatic nitrogens is 2. The van der Waals surface area contributed by atoms with Gasteiger partial charge < -0.3 is 9.47 Å². The van der Waals surface area contributed by atoms with Gasteiger partial charge in [-0.15, -0.1) is 0 Å². The fourth-order valence-corrected chi connectivity index (χ4v) is 2.37. The summed E-state index contributed by atoms with van der Waals surface area (Å²) in [6, 6.07) is 0. The van der Waals surface area contributed by atoms with Crippen LogP contribution in [0.4, 0.5) is 0 Å². The second kappa shape index (κ2) is 5.72. The van der Waals surface area contributed by atoms with Crippen LogP contribution in [-0.2, 0) is 16.0 Å². The lowest BCUT2D eigenvalue weighted by Gasteiger charge is -2.25. The molecule has 0 unspecified atom stereocenters. The highest BCUT2D eigenvalue weighted by molar-refractivity contribution is 4.86. The molecule has 2 aliphatic heterocycles. The molecule has 0 amide bonds. The first kappa shape index (κ1) is 12.6. The lowest BCUT2D eigenvalue weighted by atomic mass is 10.3. The first-order chi connectivity index (χ1) is 9.34. The van der Waals surface area contributed by atoms with Crippen LogP contribution in [0, 0.1) is 0 Å². The van der Waals surface area contributed by atoms with E-state index in [9.17, 15) is 4.79 Å². The zero-order valence-corrected chi connectivity index (χ0v) is 10.8. The van der Waals surface area contributed by atoms with Gasteiger partial charge >= 0.3 is 11.3 Å². The summed E-state index contributed by atoms with van der Waals surface area (Å²) < 4.78 is 15.6. The summed E-state index contributed by atoms with van der Waals surface area (Å²) in [4.78, 5) is 15.7. The molecule has 8 heteroatoms. The molecule has 0 aliphatic carbocycles. The summed E-state index contributed by atoms with van der Waals surface area (Å²) in [6.07, 6.45) is 0. The fraction of sp³-hybridized carbons (Fsp3) is 0.818. The van der Waals surface area contributed by atoms with Crippen molar-refractivity contribution in [2.45, 2.75) is 6.54 Å². The van der Waals surface area contributed by atoms with E-state index >= 15 is 0 Å². The molecule has 0 aromatic carbocycles. The number of nitrogens with zero attached hydrogens (tertiary/aromatic N) is 3. The molecule has 106 valence electrons. The molecule has 3 rings (SSSR count). The minimum Gasteiger partial charge on any atom is -0.379 e. The van der Waals surface area contributed by atoms with E-state index < -0.39 is 0 Å². The molecule has 3 heterocycles. The van der Waals surface area contributed by atoms with Gasteiger partial charge in [-0.05, 0) is 0 Å². The molecule has 2 aliphatic rings. The maximum Gasteiger partial charge on any atom is 0.434 e. The highest BCUT2D eigenvalue weighted by atomic mass is 16.5. The number of rotatable bonds is 3. The Kier molecular flexibility index (Phi) is 3.81. The average Bonchev–Trinajstić information content (AvgIpc) is 2.82. The summed E-state index contributed by atoms with van der Waals surface area (Å²) in [5, 5.41) is 4.71. The molecule has 19 heavy (non-hydrogen) atoms. The Morgan fingerprint density at radius 2 is 1.68 bits per heavy atom. The minimum atomic E-state index is -0.307. The zero-order chi connectivity index (χ0) is 13.1. The topological polar surface area (TPSA) is 74.8 Å². The maximum absolute atomic E-state index is 11.8. The molecule has 0 spiro atoms. The van der Waals surface area contributed by atoms with Gasteiger partial charge in [0, 0.05) is 23.2 Å². The quantitative estimate of drug-likeness (QED) is 0.645. The third-order valence-corrected chi connectivity index (χ3v) is 3.46. The van der Waals surface area contributed by atoms with E-state index in [1.54, 1.807) is 4.79 Å². The van der Waals surface area contributed by atoms with Gasteiger partial charge in [0.2, 0.25) is 0 Å². The van der Waals surface area contributed by atoms with Gasteiger partial charge in [-0.1, -0.05) is 0 Å². The molecule has 1 aromatic rings. The number of hydrogen-bond acceptors (Lipinski definition) is 6. The van der Waals surface area contributed by atoms with Crippen LogP contribution >= 0.6 is 0 Å². The molecule has 8 nitrogen and oxygen atoms in total. The lowest BCUT2D eigenvalue weighted by Crippen LogP contribution is -2.65. The Bertz CT molecular complexity index is 460. The van der Waals surface area contributed by atoms with Crippen molar-refractivity contribution in [1.29, 1.82) is 0 Å². The van der Waals surface area contributed by atoms with Crippen molar-refractivity contribution in [3.63, 3.8) is 0 Å². The second-order valence-corrected chi connectivity index (χ2v) is 4.69. The Balaban J connectivity index is 1.75. The SMILES string of the molecule is O=c1o[nH][n+](N2CCOCC2)c1CN1CCOCC1. The summed E-state index contributed by atoms with van der Waals surface area (Å²) >= 11 is 0. The van der Waals surface area contributed by atoms with Crippen LogP contribution in [-0.4, -0.2) is 62.8 Å². The van der Waals surface area contributed by atoms with E-state index in [0.717, 1.165) is 26.2 Å². The van der Waals surface area contributed by atoms with Crippen LogP contribution in [0.15, 0.2) is 9.32 Å². The summed E-state index contributed by atoms with van der Waals surface area (Å²) in [7, 11) is 0. The van der Waals surface area contributed by atoms with Crippen LogP contribution in [0.2, 0.25) is 0 Å². The number of aromatic amines is 1. The average molecular weight is 271 g/mol. The second-order valence-electron chi connectivity index (χ2n) is 4.69. The first-order valence-electron chi connectivity index (χ1n) is 6.60. The van der Waals surface area contributed by atoms with Crippen molar-refractivity contribution < 1.29 is 18.8 Å². The highest BCUT2D eigenvalue weighted by Crippen LogP contribution is 2.01. The standard InChI is InChI=1S/C11H18N4O4/c16-11-10(9-13-1-5-17-6-2-13)15(12-19-11)14-3-7-18-8-4-14/h1-9H2/p+1.